The number of ether oxygens (including phenoxy) is 1. The second-order valence-electron chi connectivity index (χ2n) is 6.65. The summed E-state index contributed by atoms with van der Waals surface area (Å²) in [6.45, 7) is 6.08. The van der Waals surface area contributed by atoms with Crippen molar-refractivity contribution in [3.05, 3.63) is 29.3 Å². The van der Waals surface area contributed by atoms with Crippen molar-refractivity contribution in [2.45, 2.75) is 42.4 Å². The van der Waals surface area contributed by atoms with Crippen molar-refractivity contribution in [2.24, 2.45) is 0 Å². The van der Waals surface area contributed by atoms with Crippen molar-refractivity contribution >= 4 is 35.4 Å². The predicted octanol–water partition coefficient (Wildman–Crippen LogP) is 3.90. The lowest BCUT2D eigenvalue weighted by Crippen LogP contribution is -2.62. The van der Waals surface area contributed by atoms with Crippen molar-refractivity contribution in [3.63, 3.8) is 0 Å². The Kier molecular flexibility index (Phi) is 5.16. The van der Waals surface area contributed by atoms with Crippen LogP contribution in [0.1, 0.15) is 27.2 Å². The van der Waals surface area contributed by atoms with E-state index < -0.39 is 22.4 Å². The molecule has 0 bridgehead atoms. The third-order valence-electron chi connectivity index (χ3n) is 3.21. The summed E-state index contributed by atoms with van der Waals surface area (Å²) < 4.78 is 4.77. The first-order chi connectivity index (χ1) is 10.6. The Bertz CT molecular complexity index is 608. The third-order valence-corrected chi connectivity index (χ3v) is 4.77. The lowest BCUT2D eigenvalue weighted by molar-refractivity contribution is -0.138. The monoisotopic (exact) mass is 357 g/mol. The second kappa shape index (κ2) is 6.61. The highest BCUT2D eigenvalue weighted by Gasteiger charge is 2.48. The summed E-state index contributed by atoms with van der Waals surface area (Å²) in [5, 5.41) is 9.78. The Balaban J connectivity index is 2.06. The van der Waals surface area contributed by atoms with Crippen molar-refractivity contribution in [2.75, 3.05) is 13.1 Å². The number of carbonyl (C=O) groups excluding carboxylic acids is 1. The molecule has 0 saturated carbocycles. The maximum absolute atomic E-state index is 12.0. The number of thioether (sulfide) groups is 1. The Labute approximate surface area is 144 Å². The first-order valence-corrected chi connectivity index (χ1v) is 8.42. The Morgan fingerprint density at radius 2 is 2.04 bits per heavy atom. The zero-order valence-corrected chi connectivity index (χ0v) is 14.9. The molecule has 1 amide bonds. The van der Waals surface area contributed by atoms with E-state index in [0.717, 1.165) is 4.90 Å². The molecule has 126 valence electrons. The van der Waals surface area contributed by atoms with E-state index >= 15 is 0 Å². The number of hydrogen-bond donors (Lipinski definition) is 1. The molecular formula is C16H20ClNO4S. The molecule has 1 aliphatic heterocycles. The van der Waals surface area contributed by atoms with Gasteiger partial charge in [0, 0.05) is 23.0 Å². The smallest absolute Gasteiger partial charge is 0.410 e. The van der Waals surface area contributed by atoms with Gasteiger partial charge in [0.15, 0.2) is 0 Å². The predicted molar refractivity (Wildman–Crippen MR) is 90.1 cm³/mol. The summed E-state index contributed by atoms with van der Waals surface area (Å²) >= 11 is 7.42. The zero-order chi connectivity index (χ0) is 17.3. The molecule has 1 aromatic rings. The van der Waals surface area contributed by atoms with E-state index in [1.54, 1.807) is 32.9 Å². The number of rotatable bonds is 4. The van der Waals surface area contributed by atoms with Crippen LogP contribution in [0.3, 0.4) is 0 Å². The summed E-state index contributed by atoms with van der Waals surface area (Å²) in [6.07, 6.45) is -0.436. The van der Waals surface area contributed by atoms with Crippen molar-refractivity contribution in [1.29, 1.82) is 0 Å². The third kappa shape index (κ3) is 5.04. The van der Waals surface area contributed by atoms with Gasteiger partial charge in [-0.05, 0) is 39.0 Å². The van der Waals surface area contributed by atoms with Crippen LogP contribution < -0.4 is 0 Å². The van der Waals surface area contributed by atoms with E-state index in [1.165, 1.54) is 16.7 Å². The molecule has 5 nitrogen and oxygen atoms in total. The standard InChI is InChI=1S/C16H20ClNO4S/c1-15(2,3)22-14(21)18-9-16(10-18,8-13(19)20)23-12-6-4-5-11(17)7-12/h4-7H,8-10H2,1-3H3,(H,19,20). The van der Waals surface area contributed by atoms with Gasteiger partial charge in [0.2, 0.25) is 0 Å². The largest absolute Gasteiger partial charge is 0.481 e. The van der Waals surface area contributed by atoms with Crippen LogP contribution in [0.2, 0.25) is 5.02 Å². The highest BCUT2D eigenvalue weighted by Crippen LogP contribution is 2.43. The molecule has 23 heavy (non-hydrogen) atoms. The fourth-order valence-corrected chi connectivity index (χ4v) is 4.10. The number of benzene rings is 1. The molecule has 0 radical (unpaired) electrons. The van der Waals surface area contributed by atoms with Gasteiger partial charge in [-0.25, -0.2) is 4.79 Å². The average molecular weight is 358 g/mol. The first-order valence-electron chi connectivity index (χ1n) is 7.23. The molecule has 0 aromatic heterocycles. The highest BCUT2D eigenvalue weighted by molar-refractivity contribution is 8.00. The molecule has 7 heteroatoms. The van der Waals surface area contributed by atoms with E-state index in [2.05, 4.69) is 0 Å². The Morgan fingerprint density at radius 3 is 2.57 bits per heavy atom. The molecule has 2 rings (SSSR count). The van der Waals surface area contributed by atoms with Gasteiger partial charge in [-0.2, -0.15) is 0 Å². The fourth-order valence-electron chi connectivity index (χ4n) is 2.37. The van der Waals surface area contributed by atoms with Crippen LogP contribution in [0.15, 0.2) is 29.2 Å². The lowest BCUT2D eigenvalue weighted by Gasteiger charge is -2.48. The van der Waals surface area contributed by atoms with Gasteiger partial charge in [-0.15, -0.1) is 11.8 Å². The van der Waals surface area contributed by atoms with Crippen LogP contribution in [0, 0.1) is 0 Å². The molecule has 1 aliphatic rings. The van der Waals surface area contributed by atoms with E-state index in [4.69, 9.17) is 16.3 Å². The van der Waals surface area contributed by atoms with Gasteiger partial charge in [-0.1, -0.05) is 17.7 Å². The fraction of sp³-hybridized carbons (Fsp3) is 0.500. The molecule has 0 unspecified atom stereocenters. The number of carboxylic acids is 1. The van der Waals surface area contributed by atoms with E-state index in [9.17, 15) is 14.7 Å². The summed E-state index contributed by atoms with van der Waals surface area (Å²) in [5.74, 6) is -0.886. The van der Waals surface area contributed by atoms with Crippen LogP contribution in [0.5, 0.6) is 0 Å². The maximum Gasteiger partial charge on any atom is 0.410 e. The van der Waals surface area contributed by atoms with Crippen molar-refractivity contribution < 1.29 is 19.4 Å². The van der Waals surface area contributed by atoms with Crippen LogP contribution in [-0.2, 0) is 9.53 Å². The van der Waals surface area contributed by atoms with Gasteiger partial charge >= 0.3 is 12.1 Å². The average Bonchev–Trinajstić information content (AvgIpc) is 2.32. The highest BCUT2D eigenvalue weighted by atomic mass is 35.5. The van der Waals surface area contributed by atoms with Crippen molar-refractivity contribution in [1.82, 2.24) is 4.90 Å². The number of likely N-dealkylation sites (tertiary alicyclic amines) is 1. The summed E-state index contributed by atoms with van der Waals surface area (Å²) in [4.78, 5) is 25.7. The number of amides is 1. The first kappa shape index (κ1) is 17.9. The number of hydrogen-bond acceptors (Lipinski definition) is 4. The minimum absolute atomic E-state index is 0.0243. The molecule has 0 spiro atoms. The molecular weight excluding hydrogens is 338 g/mol. The van der Waals surface area contributed by atoms with Gasteiger partial charge in [0.05, 0.1) is 11.2 Å². The minimum atomic E-state index is -0.886. The number of carbonyl (C=O) groups is 2. The maximum atomic E-state index is 12.0. The normalized spacial score (nSPS) is 16.6. The summed E-state index contributed by atoms with van der Waals surface area (Å²) in [6, 6.07) is 7.27. The Morgan fingerprint density at radius 1 is 1.39 bits per heavy atom. The number of aliphatic carboxylic acids is 1. The number of halogens is 1. The van der Waals surface area contributed by atoms with Gasteiger partial charge in [-0.3, -0.25) is 4.79 Å². The molecule has 1 saturated heterocycles. The van der Waals surface area contributed by atoms with Gasteiger partial charge in [0.25, 0.3) is 0 Å². The Hall–Kier alpha value is -1.40. The minimum Gasteiger partial charge on any atom is -0.481 e. The zero-order valence-electron chi connectivity index (χ0n) is 13.3. The van der Waals surface area contributed by atoms with Gasteiger partial charge in [0.1, 0.15) is 5.60 Å². The summed E-state index contributed by atoms with van der Waals surface area (Å²) in [5.41, 5.74) is -0.567. The molecule has 1 fully saturated rings. The number of carboxylic acid groups (broad SMARTS) is 1. The molecule has 1 aromatic carbocycles. The van der Waals surface area contributed by atoms with Crippen LogP contribution >= 0.6 is 23.4 Å². The van der Waals surface area contributed by atoms with Crippen LogP contribution in [0.4, 0.5) is 4.79 Å². The topological polar surface area (TPSA) is 66.8 Å². The van der Waals surface area contributed by atoms with E-state index in [0.29, 0.717) is 18.1 Å². The SMILES string of the molecule is CC(C)(C)OC(=O)N1CC(CC(=O)O)(Sc2cccc(Cl)c2)C1. The van der Waals surface area contributed by atoms with Crippen LogP contribution in [0.25, 0.3) is 0 Å². The number of nitrogens with zero attached hydrogens (tertiary/aromatic N) is 1. The van der Waals surface area contributed by atoms with Crippen LogP contribution in [-0.4, -0.2) is 45.5 Å². The summed E-state index contributed by atoms with van der Waals surface area (Å²) in [7, 11) is 0. The van der Waals surface area contributed by atoms with Gasteiger partial charge < -0.3 is 14.7 Å². The van der Waals surface area contributed by atoms with E-state index in [-0.39, 0.29) is 6.42 Å². The second-order valence-corrected chi connectivity index (χ2v) is 8.63. The molecule has 0 atom stereocenters. The molecule has 0 aliphatic carbocycles. The van der Waals surface area contributed by atoms with Crippen molar-refractivity contribution in [3.8, 4) is 0 Å². The van der Waals surface area contributed by atoms with E-state index in [1.807, 2.05) is 12.1 Å². The molecule has 1 heterocycles. The molecule has 1 N–H and O–H groups in total. The quantitative estimate of drug-likeness (QED) is 0.885. The lowest BCUT2D eigenvalue weighted by atomic mass is 9.95.